The predicted molar refractivity (Wildman–Crippen MR) is 269 cm³/mol. The third kappa shape index (κ3) is 5.52. The standard InChI is InChI=1S/C60H36N4O/c1-6-16-53-45(11-1)46-12-2-7-17-54(46)63(53)43-33-42(34-44(36-43)64-55-18-8-3-13-47(55)48-14-4-9-19-56(48)64)52-31-28-40-26-25-39-27-30-51(61-59(39)60(40)62-52)38-23-21-37(22-24-38)41-29-32-58-50(35-41)49-15-5-10-20-57(49)65-58/h1-36H. The lowest BCUT2D eigenvalue weighted by Gasteiger charge is -2.16. The minimum atomic E-state index is 0.875. The van der Waals surface area contributed by atoms with Crippen molar-refractivity contribution in [2.45, 2.75) is 0 Å². The number of nitrogens with zero attached hydrogens (tertiary/aromatic N) is 4. The summed E-state index contributed by atoms with van der Waals surface area (Å²) < 4.78 is 10.9. The fourth-order valence-corrected chi connectivity index (χ4v) is 10.2. The maximum absolute atomic E-state index is 6.10. The Morgan fingerprint density at radius 2 is 0.708 bits per heavy atom. The molecule has 0 spiro atoms. The van der Waals surface area contributed by atoms with Gasteiger partial charge in [0, 0.05) is 65.6 Å². The van der Waals surface area contributed by atoms with E-state index in [4.69, 9.17) is 14.4 Å². The average molecular weight is 829 g/mol. The lowest BCUT2D eigenvalue weighted by molar-refractivity contribution is 0.669. The number of rotatable bonds is 5. The molecule has 0 fully saturated rings. The molecule has 0 aliphatic carbocycles. The molecule has 0 N–H and O–H groups in total. The van der Waals surface area contributed by atoms with Crippen LogP contribution in [0.15, 0.2) is 223 Å². The molecule has 65 heavy (non-hydrogen) atoms. The third-order valence-corrected chi connectivity index (χ3v) is 13.3. The van der Waals surface area contributed by atoms with Crippen LogP contribution in [0.25, 0.3) is 132 Å². The van der Waals surface area contributed by atoms with Crippen LogP contribution in [0.2, 0.25) is 0 Å². The van der Waals surface area contributed by atoms with Crippen LogP contribution in [-0.2, 0) is 0 Å². The highest BCUT2D eigenvalue weighted by Crippen LogP contribution is 2.39. The van der Waals surface area contributed by atoms with Gasteiger partial charge in [-0.1, -0.05) is 146 Å². The van der Waals surface area contributed by atoms with Gasteiger partial charge in [-0.15, -0.1) is 0 Å². The number of pyridine rings is 2. The molecule has 0 radical (unpaired) electrons. The van der Waals surface area contributed by atoms with Crippen LogP contribution in [0.1, 0.15) is 0 Å². The van der Waals surface area contributed by atoms with E-state index in [2.05, 4.69) is 215 Å². The fraction of sp³-hybridized carbons (Fsp3) is 0. The molecule has 0 saturated carbocycles. The highest BCUT2D eigenvalue weighted by molar-refractivity contribution is 6.11. The summed E-state index contributed by atoms with van der Waals surface area (Å²) in [5.41, 5.74) is 16.5. The van der Waals surface area contributed by atoms with Gasteiger partial charge in [-0.2, -0.15) is 0 Å². The molecule has 5 heterocycles. The molecule has 9 aromatic carbocycles. The normalized spacial score (nSPS) is 12.0. The Morgan fingerprint density at radius 1 is 0.292 bits per heavy atom. The predicted octanol–water partition coefficient (Wildman–Crippen LogP) is 15.9. The fourth-order valence-electron chi connectivity index (χ4n) is 10.2. The molecule has 0 aliphatic rings. The first-order chi connectivity index (χ1) is 32.2. The summed E-state index contributed by atoms with van der Waals surface area (Å²) in [6, 6.07) is 78.0. The Labute approximate surface area is 372 Å². The molecule has 0 aliphatic heterocycles. The second-order valence-electron chi connectivity index (χ2n) is 17.0. The molecule has 0 atom stereocenters. The molecule has 0 saturated heterocycles. The summed E-state index contributed by atoms with van der Waals surface area (Å²) in [4.78, 5) is 10.9. The lowest BCUT2D eigenvalue weighted by Crippen LogP contribution is -2.00. The molecule has 14 rings (SSSR count). The van der Waals surface area contributed by atoms with Gasteiger partial charge >= 0.3 is 0 Å². The Balaban J connectivity index is 0.930. The number of benzene rings is 9. The number of fused-ring (bicyclic) bond motifs is 12. The summed E-state index contributed by atoms with van der Waals surface area (Å²) in [7, 11) is 0. The second-order valence-corrected chi connectivity index (χ2v) is 17.0. The van der Waals surface area contributed by atoms with E-state index in [1.165, 1.54) is 21.5 Å². The van der Waals surface area contributed by atoms with Crippen LogP contribution >= 0.6 is 0 Å². The van der Waals surface area contributed by atoms with Gasteiger partial charge in [-0.25, -0.2) is 9.97 Å². The van der Waals surface area contributed by atoms with Crippen molar-refractivity contribution >= 4 is 87.4 Å². The van der Waals surface area contributed by atoms with Gasteiger partial charge in [0.2, 0.25) is 0 Å². The number of hydrogen-bond donors (Lipinski definition) is 0. The van der Waals surface area contributed by atoms with E-state index in [1.54, 1.807) is 0 Å². The zero-order chi connectivity index (χ0) is 42.6. The quantitative estimate of drug-likeness (QED) is 0.162. The van der Waals surface area contributed by atoms with Crippen LogP contribution in [0, 0.1) is 0 Å². The highest BCUT2D eigenvalue weighted by Gasteiger charge is 2.18. The average Bonchev–Trinajstić information content (AvgIpc) is 4.03. The summed E-state index contributed by atoms with van der Waals surface area (Å²) in [6.45, 7) is 0. The molecule has 0 amide bonds. The summed E-state index contributed by atoms with van der Waals surface area (Å²) in [5, 5.41) is 9.25. The first-order valence-corrected chi connectivity index (χ1v) is 22.1. The molecular weight excluding hydrogens is 793 g/mol. The largest absolute Gasteiger partial charge is 0.456 e. The van der Waals surface area contributed by atoms with Crippen molar-refractivity contribution in [2.24, 2.45) is 0 Å². The Morgan fingerprint density at radius 3 is 1.25 bits per heavy atom. The molecular formula is C60H36N4O. The highest BCUT2D eigenvalue weighted by atomic mass is 16.3. The monoisotopic (exact) mass is 828 g/mol. The smallest absolute Gasteiger partial charge is 0.135 e. The van der Waals surface area contributed by atoms with E-state index in [0.717, 1.165) is 111 Å². The zero-order valence-corrected chi connectivity index (χ0v) is 35.0. The Kier molecular flexibility index (Phi) is 7.62. The van der Waals surface area contributed by atoms with Crippen molar-refractivity contribution in [1.82, 2.24) is 19.1 Å². The van der Waals surface area contributed by atoms with Gasteiger partial charge in [0.25, 0.3) is 0 Å². The maximum Gasteiger partial charge on any atom is 0.135 e. The van der Waals surface area contributed by atoms with Crippen LogP contribution in [0.4, 0.5) is 0 Å². The molecule has 14 aromatic rings. The summed E-state index contributed by atoms with van der Waals surface area (Å²) in [6.07, 6.45) is 0. The van der Waals surface area contributed by atoms with Crippen molar-refractivity contribution in [3.05, 3.63) is 218 Å². The molecule has 302 valence electrons. The zero-order valence-electron chi connectivity index (χ0n) is 35.0. The molecule has 5 heteroatoms. The first-order valence-electron chi connectivity index (χ1n) is 22.1. The van der Waals surface area contributed by atoms with E-state index in [1.807, 2.05) is 12.1 Å². The third-order valence-electron chi connectivity index (χ3n) is 13.3. The number of para-hydroxylation sites is 5. The van der Waals surface area contributed by atoms with Crippen molar-refractivity contribution in [2.75, 3.05) is 0 Å². The van der Waals surface area contributed by atoms with E-state index >= 15 is 0 Å². The number of hydrogen-bond acceptors (Lipinski definition) is 3. The summed E-state index contributed by atoms with van der Waals surface area (Å²) in [5.74, 6) is 0. The number of furan rings is 1. The van der Waals surface area contributed by atoms with Gasteiger partial charge in [0.1, 0.15) is 11.2 Å². The van der Waals surface area contributed by atoms with E-state index in [-0.39, 0.29) is 0 Å². The number of aromatic nitrogens is 4. The van der Waals surface area contributed by atoms with Gasteiger partial charge in [0.15, 0.2) is 0 Å². The Hall–Kier alpha value is -8.80. The van der Waals surface area contributed by atoms with Crippen molar-refractivity contribution in [3.63, 3.8) is 0 Å². The van der Waals surface area contributed by atoms with Crippen LogP contribution in [0.5, 0.6) is 0 Å². The molecule has 0 unspecified atom stereocenters. The van der Waals surface area contributed by atoms with Crippen LogP contribution in [0.3, 0.4) is 0 Å². The second kappa shape index (κ2) is 13.9. The van der Waals surface area contributed by atoms with Crippen molar-refractivity contribution in [3.8, 4) is 45.0 Å². The topological polar surface area (TPSA) is 48.8 Å². The van der Waals surface area contributed by atoms with Crippen molar-refractivity contribution < 1.29 is 4.42 Å². The minimum Gasteiger partial charge on any atom is -0.456 e. The summed E-state index contributed by atoms with van der Waals surface area (Å²) >= 11 is 0. The SMILES string of the molecule is c1ccc2c(c1)oc1ccc(-c3ccc(-c4ccc5ccc6ccc(-c7cc(-n8c9ccccc9c9ccccc98)cc(-n8c9ccccc9c9ccccc98)c7)nc6c5n4)cc3)cc12. The minimum absolute atomic E-state index is 0.875. The first kappa shape index (κ1) is 35.8. The van der Waals surface area contributed by atoms with Gasteiger partial charge in [0.05, 0.1) is 44.5 Å². The maximum atomic E-state index is 6.10. The van der Waals surface area contributed by atoms with E-state index in [9.17, 15) is 0 Å². The molecule has 5 aromatic heterocycles. The van der Waals surface area contributed by atoms with Gasteiger partial charge in [-0.3, -0.25) is 0 Å². The van der Waals surface area contributed by atoms with Crippen LogP contribution < -0.4 is 0 Å². The van der Waals surface area contributed by atoms with Crippen LogP contribution in [-0.4, -0.2) is 19.1 Å². The molecule has 0 bridgehead atoms. The molecule has 5 nitrogen and oxygen atoms in total. The Bertz CT molecular complexity index is 4010. The van der Waals surface area contributed by atoms with E-state index < -0.39 is 0 Å². The van der Waals surface area contributed by atoms with Crippen molar-refractivity contribution in [1.29, 1.82) is 0 Å². The van der Waals surface area contributed by atoms with E-state index in [0.29, 0.717) is 0 Å². The lowest BCUT2D eigenvalue weighted by atomic mass is 10.00. The van der Waals surface area contributed by atoms with Gasteiger partial charge in [-0.05, 0) is 83.9 Å². The van der Waals surface area contributed by atoms with Gasteiger partial charge < -0.3 is 13.6 Å².